The van der Waals surface area contributed by atoms with Crippen LogP contribution in [0.3, 0.4) is 0 Å². The average Bonchev–Trinajstić information content (AvgIpc) is 2.85. The van der Waals surface area contributed by atoms with E-state index in [-0.39, 0.29) is 36.4 Å². The van der Waals surface area contributed by atoms with E-state index in [4.69, 9.17) is 11.6 Å². The number of carbonyl (C=O) groups excluding carboxylic acids is 1. The lowest BCUT2D eigenvalue weighted by Gasteiger charge is -2.36. The summed E-state index contributed by atoms with van der Waals surface area (Å²) in [7, 11) is -3.49. The number of carbonyl (C=O) groups is 1. The van der Waals surface area contributed by atoms with Crippen LogP contribution in [0.1, 0.15) is 19.4 Å². The zero-order valence-electron chi connectivity index (χ0n) is 20.1. The van der Waals surface area contributed by atoms with Crippen LogP contribution in [0.4, 0.5) is 11.4 Å². The van der Waals surface area contributed by atoms with Crippen molar-refractivity contribution in [2.24, 2.45) is 5.92 Å². The van der Waals surface area contributed by atoms with Crippen LogP contribution in [-0.4, -0.2) is 54.6 Å². The van der Waals surface area contributed by atoms with E-state index in [9.17, 15) is 18.0 Å². The van der Waals surface area contributed by atoms with E-state index < -0.39 is 15.6 Å². The van der Waals surface area contributed by atoms with Crippen LogP contribution in [0.2, 0.25) is 5.02 Å². The van der Waals surface area contributed by atoms with Crippen molar-refractivity contribution >= 4 is 38.9 Å². The first-order valence-corrected chi connectivity index (χ1v) is 13.6. The van der Waals surface area contributed by atoms with Gasteiger partial charge in [-0.05, 0) is 23.8 Å². The fourth-order valence-electron chi connectivity index (χ4n) is 3.94. The molecule has 0 atom stereocenters. The largest absolute Gasteiger partial charge is 0.366 e. The molecule has 2 aromatic carbocycles. The monoisotopic (exact) mass is 529 g/mol. The average molecular weight is 530 g/mol. The van der Waals surface area contributed by atoms with E-state index in [1.807, 2.05) is 23.1 Å². The summed E-state index contributed by atoms with van der Waals surface area (Å²) in [6, 6.07) is 15.8. The summed E-state index contributed by atoms with van der Waals surface area (Å²) < 4.78 is 28.5. The predicted molar refractivity (Wildman–Crippen MR) is 141 cm³/mol. The number of hydrogen-bond acceptors (Lipinski definition) is 6. The molecule has 1 aliphatic rings. The zero-order chi connectivity index (χ0) is 25.9. The quantitative estimate of drug-likeness (QED) is 0.504. The van der Waals surface area contributed by atoms with E-state index in [1.54, 1.807) is 50.2 Å². The fraction of sp³-hybridized carbons (Fsp3) is 0.320. The van der Waals surface area contributed by atoms with Gasteiger partial charge in [0.05, 0.1) is 23.3 Å². The number of nitrogens with zero attached hydrogens (tertiary/aromatic N) is 4. The minimum atomic E-state index is -3.49. The molecule has 0 saturated carbocycles. The van der Waals surface area contributed by atoms with E-state index in [2.05, 4.69) is 10.4 Å². The molecule has 1 fully saturated rings. The van der Waals surface area contributed by atoms with Gasteiger partial charge in [-0.3, -0.25) is 9.59 Å². The maximum Gasteiger partial charge on any atom is 0.297 e. The van der Waals surface area contributed by atoms with E-state index >= 15 is 0 Å². The number of rotatable bonds is 7. The molecule has 3 aromatic rings. The maximum absolute atomic E-state index is 13.4. The van der Waals surface area contributed by atoms with Crippen molar-refractivity contribution in [3.8, 4) is 5.69 Å². The predicted octanol–water partition coefficient (Wildman–Crippen LogP) is 3.13. The van der Waals surface area contributed by atoms with Crippen LogP contribution in [-0.2, 0) is 20.6 Å². The molecular formula is C25H28ClN5O4S. The van der Waals surface area contributed by atoms with Crippen LogP contribution in [0, 0.1) is 5.92 Å². The molecule has 0 bridgehead atoms. The highest BCUT2D eigenvalue weighted by Gasteiger charge is 2.29. The SMILES string of the molecule is CC(C)C(=O)Nc1c(N2CCN(S(=O)(=O)Cc3ccccc3)CC2)cnn(-c2cccc(Cl)c2)c1=O. The number of anilines is 2. The lowest BCUT2D eigenvalue weighted by molar-refractivity contribution is -0.118. The second kappa shape index (κ2) is 10.8. The fourth-order valence-corrected chi connectivity index (χ4v) is 5.65. The van der Waals surface area contributed by atoms with Gasteiger partial charge in [-0.25, -0.2) is 8.42 Å². The van der Waals surface area contributed by atoms with Crippen LogP contribution in [0.25, 0.3) is 5.69 Å². The highest BCUT2D eigenvalue weighted by molar-refractivity contribution is 7.88. The summed E-state index contributed by atoms with van der Waals surface area (Å²) in [5, 5.41) is 7.53. The van der Waals surface area contributed by atoms with Gasteiger partial charge in [-0.2, -0.15) is 14.1 Å². The van der Waals surface area contributed by atoms with E-state index in [1.165, 1.54) is 15.2 Å². The Balaban J connectivity index is 1.60. The summed E-state index contributed by atoms with van der Waals surface area (Å²) in [4.78, 5) is 27.9. The molecule has 11 heteroatoms. The van der Waals surface area contributed by atoms with Crippen molar-refractivity contribution in [1.29, 1.82) is 0 Å². The molecule has 4 rings (SSSR count). The topological polar surface area (TPSA) is 105 Å². The molecule has 0 unspecified atom stereocenters. The van der Waals surface area contributed by atoms with Gasteiger partial charge in [0.15, 0.2) is 0 Å². The molecule has 1 aromatic heterocycles. The van der Waals surface area contributed by atoms with Gasteiger partial charge in [0.2, 0.25) is 15.9 Å². The Bertz CT molecular complexity index is 1400. The van der Waals surface area contributed by atoms with Crippen LogP contribution in [0.5, 0.6) is 0 Å². The van der Waals surface area contributed by atoms with E-state index in [0.717, 1.165) is 5.56 Å². The Hall–Kier alpha value is -3.21. The number of benzene rings is 2. The molecule has 190 valence electrons. The lowest BCUT2D eigenvalue weighted by Crippen LogP contribution is -2.49. The summed E-state index contributed by atoms with van der Waals surface area (Å²) in [6.45, 7) is 4.68. The molecule has 1 aliphatic heterocycles. The third-order valence-electron chi connectivity index (χ3n) is 5.95. The Kier molecular flexibility index (Phi) is 7.77. The summed E-state index contributed by atoms with van der Waals surface area (Å²) >= 11 is 6.09. The highest BCUT2D eigenvalue weighted by atomic mass is 35.5. The van der Waals surface area contributed by atoms with Crippen LogP contribution in [0.15, 0.2) is 65.6 Å². The number of sulfonamides is 1. The van der Waals surface area contributed by atoms with Crippen molar-refractivity contribution in [2.75, 3.05) is 36.4 Å². The van der Waals surface area contributed by atoms with Crippen LogP contribution >= 0.6 is 11.6 Å². The molecule has 0 aliphatic carbocycles. The summed E-state index contributed by atoms with van der Waals surface area (Å²) in [5.41, 5.74) is 1.25. The van der Waals surface area contributed by atoms with Gasteiger partial charge < -0.3 is 10.2 Å². The molecule has 0 radical (unpaired) electrons. The zero-order valence-corrected chi connectivity index (χ0v) is 21.7. The standard InChI is InChI=1S/C25H28ClN5O4S/c1-18(2)24(32)28-23-22(16-27-31(25(23)33)21-10-6-9-20(26)15-21)29-11-13-30(14-12-29)36(34,35)17-19-7-4-3-5-8-19/h3-10,15-16,18H,11-14,17H2,1-2H3,(H,28,32). The first-order valence-electron chi connectivity index (χ1n) is 11.6. The molecule has 9 nitrogen and oxygen atoms in total. The minimum absolute atomic E-state index is 0.0687. The van der Waals surface area contributed by atoms with Gasteiger partial charge >= 0.3 is 0 Å². The van der Waals surface area contributed by atoms with Crippen molar-refractivity contribution in [3.63, 3.8) is 0 Å². The second-order valence-corrected chi connectivity index (χ2v) is 11.3. The lowest BCUT2D eigenvalue weighted by atomic mass is 10.2. The number of hydrogen-bond donors (Lipinski definition) is 1. The van der Waals surface area contributed by atoms with Crippen molar-refractivity contribution < 1.29 is 13.2 Å². The number of amides is 1. The number of aromatic nitrogens is 2. The van der Waals surface area contributed by atoms with Gasteiger partial charge in [0.1, 0.15) is 5.69 Å². The number of piperazine rings is 1. The van der Waals surface area contributed by atoms with E-state index in [0.29, 0.717) is 29.5 Å². The maximum atomic E-state index is 13.4. The molecule has 1 N–H and O–H groups in total. The normalized spacial score (nSPS) is 14.7. The Morgan fingerprint density at radius 2 is 1.75 bits per heavy atom. The van der Waals surface area contributed by atoms with Crippen LogP contribution < -0.4 is 15.8 Å². The first-order chi connectivity index (χ1) is 17.2. The van der Waals surface area contributed by atoms with Gasteiger partial charge in [-0.1, -0.05) is 61.8 Å². The molecule has 1 amide bonds. The Morgan fingerprint density at radius 3 is 2.39 bits per heavy atom. The summed E-state index contributed by atoms with van der Waals surface area (Å²) in [5.74, 6) is -0.716. The van der Waals surface area contributed by atoms with Crippen molar-refractivity contribution in [1.82, 2.24) is 14.1 Å². The molecule has 1 saturated heterocycles. The Morgan fingerprint density at radius 1 is 1.06 bits per heavy atom. The molecule has 36 heavy (non-hydrogen) atoms. The smallest absolute Gasteiger partial charge is 0.297 e. The van der Waals surface area contributed by atoms with Crippen molar-refractivity contribution in [3.05, 3.63) is 81.7 Å². The molecular weight excluding hydrogens is 502 g/mol. The Labute approximate surface area is 215 Å². The highest BCUT2D eigenvalue weighted by Crippen LogP contribution is 2.25. The number of nitrogens with one attached hydrogen (secondary N) is 1. The third kappa shape index (κ3) is 5.77. The minimum Gasteiger partial charge on any atom is -0.366 e. The van der Waals surface area contributed by atoms with Gasteiger partial charge in [-0.15, -0.1) is 0 Å². The van der Waals surface area contributed by atoms with Gasteiger partial charge in [0.25, 0.3) is 5.56 Å². The van der Waals surface area contributed by atoms with Crippen molar-refractivity contribution in [2.45, 2.75) is 19.6 Å². The third-order valence-corrected chi connectivity index (χ3v) is 8.03. The summed E-state index contributed by atoms with van der Waals surface area (Å²) in [6.07, 6.45) is 1.52. The first kappa shape index (κ1) is 25.9. The number of halogens is 1. The molecule has 2 heterocycles. The molecule has 0 spiro atoms. The second-order valence-electron chi connectivity index (χ2n) is 8.87. The van der Waals surface area contributed by atoms with Gasteiger partial charge in [0, 0.05) is 37.1 Å².